The molecule has 0 atom stereocenters. The second kappa shape index (κ2) is 8.22. The zero-order valence-electron chi connectivity index (χ0n) is 17.0. The summed E-state index contributed by atoms with van der Waals surface area (Å²) in [7, 11) is 0. The number of carbonyl (C=O) groups is 2. The number of furan rings is 1. The first-order valence-electron chi connectivity index (χ1n) is 9.39. The molecule has 1 aromatic heterocycles. The summed E-state index contributed by atoms with van der Waals surface area (Å²) in [6, 6.07) is 19.7. The van der Waals surface area contributed by atoms with Crippen LogP contribution in [-0.4, -0.2) is 11.9 Å². The fraction of sp³-hybridized carbons (Fsp3) is 0.217. The molecule has 0 aliphatic carbocycles. The molecule has 6 heteroatoms. The van der Waals surface area contributed by atoms with Gasteiger partial charge in [0.25, 0.3) is 5.91 Å². The highest BCUT2D eigenvalue weighted by atomic mass is 16.3. The molecule has 0 radical (unpaired) electrons. The molecule has 2 N–H and O–H groups in total. The van der Waals surface area contributed by atoms with E-state index >= 15 is 0 Å². The van der Waals surface area contributed by atoms with Crippen LogP contribution in [0.25, 0.3) is 0 Å². The monoisotopic (exact) mass is 391 g/mol. The number of aryl methyl sites for hydroxylation is 1. The van der Waals surface area contributed by atoms with Crippen molar-refractivity contribution in [3.8, 4) is 0 Å². The van der Waals surface area contributed by atoms with E-state index in [9.17, 15) is 9.59 Å². The Bertz CT molecular complexity index is 950. The van der Waals surface area contributed by atoms with Crippen LogP contribution in [0, 0.1) is 6.92 Å². The lowest BCUT2D eigenvalue weighted by Crippen LogP contribution is -2.47. The zero-order valence-corrected chi connectivity index (χ0v) is 17.0. The summed E-state index contributed by atoms with van der Waals surface area (Å²) < 4.78 is 5.71. The largest absolute Gasteiger partial charge is 0.465 e. The first kappa shape index (κ1) is 20.2. The van der Waals surface area contributed by atoms with Gasteiger partial charge in [-0.3, -0.25) is 15.1 Å². The van der Waals surface area contributed by atoms with E-state index in [1.807, 2.05) is 81.4 Å². The van der Waals surface area contributed by atoms with Crippen molar-refractivity contribution in [3.05, 3.63) is 83.8 Å². The predicted octanol–water partition coefficient (Wildman–Crippen LogP) is 5.08. The van der Waals surface area contributed by atoms with E-state index in [1.54, 1.807) is 13.0 Å². The first-order chi connectivity index (χ1) is 13.8. The number of para-hydroxylation sites is 2. The number of rotatable bonds is 3. The van der Waals surface area contributed by atoms with Gasteiger partial charge in [-0.15, -0.1) is 0 Å². The van der Waals surface area contributed by atoms with Gasteiger partial charge in [0.15, 0.2) is 0 Å². The average Bonchev–Trinajstić information content (AvgIpc) is 3.10. The Kier molecular flexibility index (Phi) is 5.73. The van der Waals surface area contributed by atoms with Gasteiger partial charge in [0.05, 0.1) is 16.9 Å². The highest BCUT2D eigenvalue weighted by Crippen LogP contribution is 2.27. The van der Waals surface area contributed by atoms with Crippen molar-refractivity contribution in [2.75, 3.05) is 4.90 Å². The van der Waals surface area contributed by atoms with Crippen LogP contribution >= 0.6 is 0 Å². The molecule has 3 aromatic rings. The Morgan fingerprint density at radius 2 is 1.38 bits per heavy atom. The van der Waals surface area contributed by atoms with Crippen molar-refractivity contribution in [1.29, 1.82) is 0 Å². The van der Waals surface area contributed by atoms with Crippen LogP contribution < -0.4 is 15.8 Å². The SMILES string of the molecule is Cc1oc(C(C)(C)C)cc1C(=O)NNC(=O)N(c1ccccc1)c1ccccc1. The summed E-state index contributed by atoms with van der Waals surface area (Å²) in [4.78, 5) is 27.0. The molecule has 0 unspecified atom stereocenters. The van der Waals surface area contributed by atoms with Gasteiger partial charge in [-0.1, -0.05) is 57.2 Å². The molecule has 0 spiro atoms. The normalized spacial score (nSPS) is 11.0. The highest BCUT2D eigenvalue weighted by Gasteiger charge is 2.24. The van der Waals surface area contributed by atoms with Gasteiger partial charge in [-0.2, -0.15) is 0 Å². The minimum Gasteiger partial charge on any atom is -0.465 e. The molecule has 1 heterocycles. The van der Waals surface area contributed by atoms with Crippen LogP contribution in [0.1, 0.15) is 42.6 Å². The van der Waals surface area contributed by atoms with E-state index in [1.165, 1.54) is 4.90 Å². The maximum absolute atomic E-state index is 12.9. The van der Waals surface area contributed by atoms with E-state index in [0.717, 1.165) is 0 Å². The third-order valence-corrected chi connectivity index (χ3v) is 4.42. The first-order valence-corrected chi connectivity index (χ1v) is 9.39. The molecule has 0 fully saturated rings. The number of hydrogen-bond acceptors (Lipinski definition) is 3. The molecular weight excluding hydrogens is 366 g/mol. The van der Waals surface area contributed by atoms with Crippen molar-refractivity contribution < 1.29 is 14.0 Å². The molecule has 0 aliphatic heterocycles. The van der Waals surface area contributed by atoms with Gasteiger partial charge in [-0.05, 0) is 37.3 Å². The van der Waals surface area contributed by atoms with E-state index < -0.39 is 11.9 Å². The number of nitrogens with one attached hydrogen (secondary N) is 2. The van der Waals surface area contributed by atoms with Gasteiger partial charge < -0.3 is 4.42 Å². The quantitative estimate of drug-likeness (QED) is 0.612. The second-order valence-corrected chi connectivity index (χ2v) is 7.72. The van der Waals surface area contributed by atoms with Crippen molar-refractivity contribution in [2.24, 2.45) is 0 Å². The van der Waals surface area contributed by atoms with E-state index in [2.05, 4.69) is 10.9 Å². The Hall–Kier alpha value is -3.54. The minimum absolute atomic E-state index is 0.218. The average molecular weight is 391 g/mol. The van der Waals surface area contributed by atoms with Crippen LogP contribution in [0.4, 0.5) is 16.2 Å². The molecular formula is C23H25N3O3. The smallest absolute Gasteiger partial charge is 0.345 e. The van der Waals surface area contributed by atoms with Crippen LogP contribution in [0.5, 0.6) is 0 Å². The van der Waals surface area contributed by atoms with Gasteiger partial charge in [0, 0.05) is 5.41 Å². The summed E-state index contributed by atoms with van der Waals surface area (Å²) in [5, 5.41) is 0. The Balaban J connectivity index is 1.77. The minimum atomic E-state index is -0.479. The van der Waals surface area contributed by atoms with Crippen molar-refractivity contribution >= 4 is 23.3 Å². The zero-order chi connectivity index (χ0) is 21.0. The maximum Gasteiger partial charge on any atom is 0.345 e. The molecule has 0 aliphatic rings. The fourth-order valence-corrected chi connectivity index (χ4v) is 2.85. The number of hydrazine groups is 1. The molecule has 3 amide bonds. The lowest BCUT2D eigenvalue weighted by molar-refractivity contribution is 0.0936. The topological polar surface area (TPSA) is 74.6 Å². The third kappa shape index (κ3) is 4.66. The molecule has 150 valence electrons. The Morgan fingerprint density at radius 1 is 0.862 bits per heavy atom. The Morgan fingerprint density at radius 3 is 1.83 bits per heavy atom. The summed E-state index contributed by atoms with van der Waals surface area (Å²) in [5.41, 5.74) is 6.52. The van der Waals surface area contributed by atoms with Crippen LogP contribution in [0.3, 0.4) is 0 Å². The predicted molar refractivity (Wildman–Crippen MR) is 113 cm³/mol. The number of urea groups is 1. The number of nitrogens with zero attached hydrogens (tertiary/aromatic N) is 1. The number of amides is 3. The summed E-state index contributed by atoms with van der Waals surface area (Å²) in [6.45, 7) is 7.75. The van der Waals surface area contributed by atoms with Crippen LogP contribution in [-0.2, 0) is 5.41 Å². The van der Waals surface area contributed by atoms with Crippen molar-refractivity contribution in [1.82, 2.24) is 10.9 Å². The van der Waals surface area contributed by atoms with Crippen LogP contribution in [0.15, 0.2) is 71.1 Å². The number of anilines is 2. The summed E-state index contributed by atoms with van der Waals surface area (Å²) >= 11 is 0. The maximum atomic E-state index is 12.9. The highest BCUT2D eigenvalue weighted by molar-refractivity contribution is 6.02. The number of hydrogen-bond donors (Lipinski definition) is 2. The summed E-state index contributed by atoms with van der Waals surface area (Å²) in [6.07, 6.45) is 0. The van der Waals surface area contributed by atoms with Gasteiger partial charge >= 0.3 is 6.03 Å². The van der Waals surface area contributed by atoms with Gasteiger partial charge in [0.1, 0.15) is 11.5 Å². The third-order valence-electron chi connectivity index (χ3n) is 4.42. The summed E-state index contributed by atoms with van der Waals surface area (Å²) in [5.74, 6) is 0.780. The molecule has 2 aromatic carbocycles. The second-order valence-electron chi connectivity index (χ2n) is 7.72. The molecule has 0 saturated carbocycles. The van der Waals surface area contributed by atoms with E-state index in [4.69, 9.17) is 4.42 Å². The lowest BCUT2D eigenvalue weighted by atomic mass is 9.93. The van der Waals surface area contributed by atoms with Crippen molar-refractivity contribution in [3.63, 3.8) is 0 Å². The van der Waals surface area contributed by atoms with E-state index in [-0.39, 0.29) is 5.41 Å². The lowest BCUT2D eigenvalue weighted by Gasteiger charge is -2.23. The standard InChI is InChI=1S/C23H25N3O3/c1-16-19(15-20(29-16)23(2,3)4)21(27)24-25-22(28)26(17-11-7-5-8-12-17)18-13-9-6-10-14-18/h5-15H,1-4H3,(H,24,27)(H,25,28). The Labute approximate surface area is 170 Å². The van der Waals surface area contributed by atoms with Crippen molar-refractivity contribution in [2.45, 2.75) is 33.1 Å². The van der Waals surface area contributed by atoms with Gasteiger partial charge in [-0.25, -0.2) is 10.2 Å². The fourth-order valence-electron chi connectivity index (χ4n) is 2.85. The molecule has 29 heavy (non-hydrogen) atoms. The van der Waals surface area contributed by atoms with Gasteiger partial charge in [0.2, 0.25) is 0 Å². The molecule has 3 rings (SSSR count). The number of carbonyl (C=O) groups excluding carboxylic acids is 2. The molecule has 0 saturated heterocycles. The van der Waals surface area contributed by atoms with E-state index in [0.29, 0.717) is 28.5 Å². The number of benzene rings is 2. The molecule has 6 nitrogen and oxygen atoms in total. The van der Waals surface area contributed by atoms with Crippen LogP contribution in [0.2, 0.25) is 0 Å². The molecule has 0 bridgehead atoms.